The first-order valence-electron chi connectivity index (χ1n) is 3.13. The van der Waals surface area contributed by atoms with Crippen LogP contribution < -0.4 is 5.73 Å². The van der Waals surface area contributed by atoms with Crippen molar-refractivity contribution in [1.82, 2.24) is 0 Å². The van der Waals surface area contributed by atoms with Crippen LogP contribution in [-0.4, -0.2) is 6.26 Å². The fourth-order valence-electron chi connectivity index (χ4n) is 0.752. The van der Waals surface area contributed by atoms with E-state index >= 15 is 0 Å². The highest BCUT2D eigenvalue weighted by Crippen LogP contribution is 2.12. The van der Waals surface area contributed by atoms with Crippen molar-refractivity contribution in [1.29, 1.82) is 0 Å². The second-order valence-electron chi connectivity index (χ2n) is 2.01. The van der Waals surface area contributed by atoms with Crippen molar-refractivity contribution < 1.29 is 4.42 Å². The Labute approximate surface area is 64.8 Å². The molecule has 0 unspecified atom stereocenters. The van der Waals surface area contributed by atoms with Crippen LogP contribution in [0.3, 0.4) is 0 Å². The zero-order chi connectivity index (χ0) is 7.40. The Morgan fingerprint density at radius 1 is 1.50 bits per heavy atom. The molecule has 10 heavy (non-hydrogen) atoms. The molecule has 0 saturated carbocycles. The fourth-order valence-corrected chi connectivity index (χ4v) is 1.19. The smallest absolute Gasteiger partial charge is 0.117 e. The highest BCUT2D eigenvalue weighted by molar-refractivity contribution is 7.97. The average molecular weight is 157 g/mol. The number of thioether (sulfide) groups is 1. The highest BCUT2D eigenvalue weighted by Gasteiger charge is 1.97. The molecule has 3 heteroatoms. The predicted octanol–water partition coefficient (Wildman–Crippen LogP) is 1.60. The molecule has 1 heterocycles. The molecule has 2 N–H and O–H groups in total. The van der Waals surface area contributed by atoms with Gasteiger partial charge in [-0.2, -0.15) is 11.8 Å². The van der Waals surface area contributed by atoms with E-state index in [1.165, 1.54) is 0 Å². The summed E-state index contributed by atoms with van der Waals surface area (Å²) in [6, 6.07) is 3.89. The third-order valence-electron chi connectivity index (χ3n) is 1.21. The zero-order valence-corrected chi connectivity index (χ0v) is 6.78. The van der Waals surface area contributed by atoms with Gasteiger partial charge in [0.15, 0.2) is 0 Å². The van der Waals surface area contributed by atoms with E-state index in [0.29, 0.717) is 6.54 Å². The van der Waals surface area contributed by atoms with E-state index in [4.69, 9.17) is 10.2 Å². The van der Waals surface area contributed by atoms with Crippen LogP contribution in [0.1, 0.15) is 11.5 Å². The summed E-state index contributed by atoms with van der Waals surface area (Å²) in [6.45, 7) is 0.494. The molecule has 0 aliphatic carbocycles. The lowest BCUT2D eigenvalue weighted by atomic mass is 10.4. The van der Waals surface area contributed by atoms with Crippen LogP contribution in [0.2, 0.25) is 0 Å². The van der Waals surface area contributed by atoms with Gasteiger partial charge >= 0.3 is 0 Å². The molecule has 0 atom stereocenters. The molecule has 2 nitrogen and oxygen atoms in total. The van der Waals surface area contributed by atoms with Crippen LogP contribution in [0, 0.1) is 0 Å². The molecule has 56 valence electrons. The van der Waals surface area contributed by atoms with E-state index in [0.717, 1.165) is 17.3 Å². The topological polar surface area (TPSA) is 39.2 Å². The van der Waals surface area contributed by atoms with Gasteiger partial charge in [-0.1, -0.05) is 0 Å². The van der Waals surface area contributed by atoms with Crippen molar-refractivity contribution in [2.24, 2.45) is 5.73 Å². The van der Waals surface area contributed by atoms with Gasteiger partial charge in [0.1, 0.15) is 11.5 Å². The van der Waals surface area contributed by atoms with Crippen LogP contribution in [0.4, 0.5) is 0 Å². The van der Waals surface area contributed by atoms with Crippen molar-refractivity contribution in [3.8, 4) is 0 Å². The molecule has 0 radical (unpaired) electrons. The van der Waals surface area contributed by atoms with Crippen LogP contribution in [0.25, 0.3) is 0 Å². The van der Waals surface area contributed by atoms with E-state index in [9.17, 15) is 0 Å². The first-order chi connectivity index (χ1) is 4.86. The monoisotopic (exact) mass is 157 g/mol. The van der Waals surface area contributed by atoms with Gasteiger partial charge in [-0.3, -0.25) is 0 Å². The lowest BCUT2D eigenvalue weighted by Crippen LogP contribution is -1.92. The van der Waals surface area contributed by atoms with Crippen molar-refractivity contribution >= 4 is 11.8 Å². The largest absolute Gasteiger partial charge is 0.464 e. The van der Waals surface area contributed by atoms with Gasteiger partial charge in [0, 0.05) is 0 Å². The molecule has 0 amide bonds. The molecule has 1 rings (SSSR count). The van der Waals surface area contributed by atoms with Crippen molar-refractivity contribution in [2.45, 2.75) is 12.3 Å². The third-order valence-corrected chi connectivity index (χ3v) is 1.78. The van der Waals surface area contributed by atoms with Gasteiger partial charge in [-0.25, -0.2) is 0 Å². The summed E-state index contributed by atoms with van der Waals surface area (Å²) in [5, 5.41) is 0. The molecule has 1 aromatic rings. The quantitative estimate of drug-likeness (QED) is 0.724. The van der Waals surface area contributed by atoms with E-state index in [1.54, 1.807) is 11.8 Å². The van der Waals surface area contributed by atoms with Crippen LogP contribution in [0.15, 0.2) is 16.5 Å². The van der Waals surface area contributed by atoms with Crippen LogP contribution in [-0.2, 0) is 12.3 Å². The maximum atomic E-state index is 5.36. The van der Waals surface area contributed by atoms with Gasteiger partial charge in [0.05, 0.1) is 12.3 Å². The number of furan rings is 1. The van der Waals surface area contributed by atoms with Crippen molar-refractivity contribution in [3.63, 3.8) is 0 Å². The molecule has 1 aromatic heterocycles. The molecular weight excluding hydrogens is 146 g/mol. The van der Waals surface area contributed by atoms with E-state index in [2.05, 4.69) is 0 Å². The van der Waals surface area contributed by atoms with Gasteiger partial charge in [-0.15, -0.1) is 0 Å². The molecule has 0 aliphatic rings. The highest BCUT2D eigenvalue weighted by atomic mass is 32.2. The Kier molecular flexibility index (Phi) is 2.83. The Morgan fingerprint density at radius 3 is 2.70 bits per heavy atom. The number of hydrogen-bond acceptors (Lipinski definition) is 3. The first-order valence-corrected chi connectivity index (χ1v) is 4.53. The Balaban J connectivity index is 2.59. The third kappa shape index (κ3) is 1.78. The van der Waals surface area contributed by atoms with Crippen molar-refractivity contribution in [2.75, 3.05) is 6.26 Å². The molecule has 0 aliphatic heterocycles. The molecule has 0 aromatic carbocycles. The SMILES string of the molecule is CSCc1ccc(CN)o1. The lowest BCUT2D eigenvalue weighted by molar-refractivity contribution is 0.482. The van der Waals surface area contributed by atoms with Gasteiger partial charge < -0.3 is 10.2 Å². The van der Waals surface area contributed by atoms with Gasteiger partial charge in [0.2, 0.25) is 0 Å². The van der Waals surface area contributed by atoms with E-state index < -0.39 is 0 Å². The van der Waals surface area contributed by atoms with Crippen molar-refractivity contribution in [3.05, 3.63) is 23.7 Å². The summed E-state index contributed by atoms with van der Waals surface area (Å²) >= 11 is 1.74. The lowest BCUT2D eigenvalue weighted by Gasteiger charge is -1.90. The second kappa shape index (κ2) is 3.68. The summed E-state index contributed by atoms with van der Waals surface area (Å²) < 4.78 is 5.33. The predicted molar refractivity (Wildman–Crippen MR) is 43.8 cm³/mol. The van der Waals surface area contributed by atoms with Gasteiger partial charge in [0.25, 0.3) is 0 Å². The number of hydrogen-bond donors (Lipinski definition) is 1. The minimum atomic E-state index is 0.494. The fraction of sp³-hybridized carbons (Fsp3) is 0.429. The second-order valence-corrected chi connectivity index (χ2v) is 2.87. The normalized spacial score (nSPS) is 10.2. The molecule has 0 spiro atoms. The number of rotatable bonds is 3. The summed E-state index contributed by atoms with van der Waals surface area (Å²) in [7, 11) is 0. The standard InChI is InChI=1S/C7H11NOS/c1-10-5-7-3-2-6(4-8)9-7/h2-3H,4-5,8H2,1H3. The number of nitrogens with two attached hydrogens (primary N) is 1. The average Bonchev–Trinajstić information content (AvgIpc) is 2.37. The van der Waals surface area contributed by atoms with E-state index in [-0.39, 0.29) is 0 Å². The maximum Gasteiger partial charge on any atom is 0.117 e. The Hall–Kier alpha value is -0.410. The molecule has 0 saturated heterocycles. The zero-order valence-electron chi connectivity index (χ0n) is 5.96. The van der Waals surface area contributed by atoms with Crippen LogP contribution >= 0.6 is 11.8 Å². The summed E-state index contributed by atoms with van der Waals surface area (Å²) in [4.78, 5) is 0. The first kappa shape index (κ1) is 7.69. The Bertz CT molecular complexity index is 197. The summed E-state index contributed by atoms with van der Waals surface area (Å²) in [6.07, 6.45) is 2.05. The minimum absolute atomic E-state index is 0.494. The van der Waals surface area contributed by atoms with E-state index in [1.807, 2.05) is 18.4 Å². The molecule has 0 bridgehead atoms. The van der Waals surface area contributed by atoms with Crippen LogP contribution in [0.5, 0.6) is 0 Å². The summed E-state index contributed by atoms with van der Waals surface area (Å²) in [5.41, 5.74) is 5.36. The molecular formula is C7H11NOS. The maximum absolute atomic E-state index is 5.36. The Morgan fingerprint density at radius 2 is 2.20 bits per heavy atom. The minimum Gasteiger partial charge on any atom is -0.464 e. The van der Waals surface area contributed by atoms with Gasteiger partial charge in [-0.05, 0) is 18.4 Å². The molecule has 0 fully saturated rings. The summed E-state index contributed by atoms with van der Waals surface area (Å²) in [5.74, 6) is 2.80.